The van der Waals surface area contributed by atoms with Gasteiger partial charge in [-0.15, -0.1) is 0 Å². The summed E-state index contributed by atoms with van der Waals surface area (Å²) in [6, 6.07) is 3.47. The minimum absolute atomic E-state index is 0.00300. The monoisotopic (exact) mass is 489 g/mol. The number of rotatable bonds is 18. The molecule has 0 saturated heterocycles. The highest BCUT2D eigenvalue weighted by molar-refractivity contribution is 5.93. The highest BCUT2D eigenvalue weighted by Crippen LogP contribution is 2.01. The first-order valence-corrected chi connectivity index (χ1v) is 13.0. The number of pyridine rings is 1. The van der Waals surface area contributed by atoms with Crippen LogP contribution in [0.15, 0.2) is 97.4 Å². The number of allylic oxidation sites excluding steroid dienone is 12. The van der Waals surface area contributed by atoms with E-state index in [0.717, 1.165) is 38.5 Å². The zero-order chi connectivity index (χ0) is 26.1. The third-order valence-electron chi connectivity index (χ3n) is 5.16. The van der Waals surface area contributed by atoms with E-state index in [9.17, 15) is 9.59 Å². The summed E-state index contributed by atoms with van der Waals surface area (Å²) in [5.74, 6) is -0.105. The number of nitrogens with one attached hydrogen (secondary N) is 1. The molecule has 1 rings (SSSR count). The van der Waals surface area contributed by atoms with Gasteiger partial charge in [-0.1, -0.05) is 79.8 Å². The van der Waals surface area contributed by atoms with Crippen molar-refractivity contribution in [2.24, 2.45) is 0 Å². The van der Waals surface area contributed by atoms with Crippen LogP contribution in [0.3, 0.4) is 0 Å². The zero-order valence-electron chi connectivity index (χ0n) is 22.0. The molecule has 2 amide bonds. The summed E-state index contributed by atoms with van der Waals surface area (Å²) in [5, 5.41) is 2.86. The van der Waals surface area contributed by atoms with Crippen LogP contribution in [-0.4, -0.2) is 41.8 Å². The molecule has 0 fully saturated rings. The van der Waals surface area contributed by atoms with E-state index in [1.165, 1.54) is 0 Å². The Balaban J connectivity index is 2.01. The molecule has 0 aromatic carbocycles. The molecule has 0 aliphatic heterocycles. The van der Waals surface area contributed by atoms with Crippen LogP contribution in [0, 0.1) is 0 Å². The second-order valence-electron chi connectivity index (χ2n) is 8.27. The summed E-state index contributed by atoms with van der Waals surface area (Å²) in [6.07, 6.45) is 36.2. The Kier molecular flexibility index (Phi) is 18.7. The van der Waals surface area contributed by atoms with Crippen LogP contribution in [0.4, 0.5) is 0 Å². The van der Waals surface area contributed by atoms with Crippen LogP contribution in [-0.2, 0) is 4.79 Å². The minimum atomic E-state index is -0.102. The van der Waals surface area contributed by atoms with Crippen molar-refractivity contribution >= 4 is 11.8 Å². The molecule has 0 radical (unpaired) electrons. The normalized spacial score (nSPS) is 12.3. The Morgan fingerprint density at radius 1 is 0.833 bits per heavy atom. The second kappa shape index (κ2) is 22.0. The molecule has 0 unspecified atom stereocenters. The van der Waals surface area contributed by atoms with Gasteiger partial charge < -0.3 is 10.2 Å². The van der Waals surface area contributed by atoms with Crippen molar-refractivity contribution in [3.63, 3.8) is 0 Å². The number of carbonyl (C=O) groups excluding carboxylic acids is 2. The Labute approximate surface area is 218 Å². The van der Waals surface area contributed by atoms with E-state index in [0.29, 0.717) is 31.5 Å². The molecular formula is C31H43N3O2. The van der Waals surface area contributed by atoms with E-state index in [-0.39, 0.29) is 11.8 Å². The Morgan fingerprint density at radius 3 is 1.86 bits per heavy atom. The number of amides is 2. The molecule has 5 nitrogen and oxygen atoms in total. The summed E-state index contributed by atoms with van der Waals surface area (Å²) >= 11 is 0. The lowest BCUT2D eigenvalue weighted by atomic mass is 10.2. The molecular weight excluding hydrogens is 446 g/mol. The molecule has 0 saturated carbocycles. The second-order valence-corrected chi connectivity index (χ2v) is 8.27. The molecule has 0 atom stereocenters. The molecule has 0 bridgehead atoms. The largest absolute Gasteiger partial charge is 0.354 e. The van der Waals surface area contributed by atoms with E-state index in [1.807, 2.05) is 6.08 Å². The fourth-order valence-corrected chi connectivity index (χ4v) is 3.12. The fourth-order valence-electron chi connectivity index (χ4n) is 3.12. The van der Waals surface area contributed by atoms with E-state index in [2.05, 4.69) is 84.1 Å². The van der Waals surface area contributed by atoms with Crippen molar-refractivity contribution in [1.82, 2.24) is 15.2 Å². The maximum Gasteiger partial charge on any atom is 0.255 e. The highest BCUT2D eigenvalue weighted by Gasteiger charge is 2.11. The zero-order valence-corrected chi connectivity index (χ0v) is 22.0. The first-order valence-electron chi connectivity index (χ1n) is 13.0. The molecule has 0 aliphatic rings. The third kappa shape index (κ3) is 17.0. The lowest BCUT2D eigenvalue weighted by molar-refractivity contribution is -0.121. The van der Waals surface area contributed by atoms with Crippen LogP contribution in [0.2, 0.25) is 0 Å². The number of nitrogens with zero attached hydrogens (tertiary/aromatic N) is 2. The van der Waals surface area contributed by atoms with Gasteiger partial charge in [-0.25, -0.2) is 0 Å². The predicted octanol–water partition coefficient (Wildman–Crippen LogP) is 6.75. The van der Waals surface area contributed by atoms with Gasteiger partial charge in [-0.05, 0) is 57.1 Å². The lowest BCUT2D eigenvalue weighted by Crippen LogP contribution is -2.36. The van der Waals surface area contributed by atoms with Gasteiger partial charge >= 0.3 is 0 Å². The Morgan fingerprint density at radius 2 is 1.36 bits per heavy atom. The van der Waals surface area contributed by atoms with Gasteiger partial charge in [0.2, 0.25) is 5.91 Å². The molecule has 0 aliphatic carbocycles. The number of aromatic nitrogens is 1. The summed E-state index contributed by atoms with van der Waals surface area (Å²) in [5.41, 5.74) is 0.545. The van der Waals surface area contributed by atoms with Crippen LogP contribution in [0.1, 0.15) is 68.6 Å². The molecule has 1 aromatic heterocycles. The minimum Gasteiger partial charge on any atom is -0.354 e. The highest BCUT2D eigenvalue weighted by atomic mass is 16.2. The SMILES string of the molecule is CC/C=C\C/C=C\C/C=C\C/C=C\C/C=C\C/C=C\CCC(=O)NCCN(C)C(=O)c1cccnc1. The number of likely N-dealkylation sites (N-methyl/N-ethyl adjacent to an activating group) is 1. The average molecular weight is 490 g/mol. The Bertz CT molecular complexity index is 896. The number of hydrogen-bond acceptors (Lipinski definition) is 3. The van der Waals surface area contributed by atoms with Crippen molar-refractivity contribution in [1.29, 1.82) is 0 Å². The molecule has 1 heterocycles. The smallest absolute Gasteiger partial charge is 0.255 e. The number of carbonyl (C=O) groups is 2. The molecule has 5 heteroatoms. The van der Waals surface area contributed by atoms with Gasteiger partial charge in [-0.2, -0.15) is 0 Å². The third-order valence-corrected chi connectivity index (χ3v) is 5.16. The van der Waals surface area contributed by atoms with Gasteiger partial charge in [0, 0.05) is 39.0 Å². The van der Waals surface area contributed by atoms with Gasteiger partial charge in [0.15, 0.2) is 0 Å². The summed E-state index contributed by atoms with van der Waals surface area (Å²) < 4.78 is 0. The van der Waals surface area contributed by atoms with E-state index < -0.39 is 0 Å². The fraction of sp³-hybridized carbons (Fsp3) is 0.387. The maximum absolute atomic E-state index is 12.2. The van der Waals surface area contributed by atoms with Crippen LogP contribution < -0.4 is 5.32 Å². The van der Waals surface area contributed by atoms with Crippen molar-refractivity contribution in [2.75, 3.05) is 20.1 Å². The van der Waals surface area contributed by atoms with Crippen LogP contribution in [0.5, 0.6) is 0 Å². The molecule has 0 spiro atoms. The lowest BCUT2D eigenvalue weighted by Gasteiger charge is -2.17. The first kappa shape index (κ1) is 30.6. The first-order chi connectivity index (χ1) is 17.6. The van der Waals surface area contributed by atoms with Gasteiger partial charge in [0.05, 0.1) is 5.56 Å². The van der Waals surface area contributed by atoms with Crippen LogP contribution >= 0.6 is 0 Å². The van der Waals surface area contributed by atoms with Crippen molar-refractivity contribution in [2.45, 2.75) is 58.3 Å². The molecule has 1 aromatic rings. The van der Waals surface area contributed by atoms with Crippen molar-refractivity contribution < 1.29 is 9.59 Å². The molecule has 1 N–H and O–H groups in total. The summed E-state index contributed by atoms with van der Waals surface area (Å²) in [7, 11) is 1.72. The van der Waals surface area contributed by atoms with Gasteiger partial charge in [-0.3, -0.25) is 14.6 Å². The van der Waals surface area contributed by atoms with Crippen LogP contribution in [0.25, 0.3) is 0 Å². The Hall–Kier alpha value is -3.47. The summed E-state index contributed by atoms with van der Waals surface area (Å²) in [4.78, 5) is 29.7. The van der Waals surface area contributed by atoms with Crippen molar-refractivity contribution in [3.8, 4) is 0 Å². The molecule has 36 heavy (non-hydrogen) atoms. The predicted molar refractivity (Wildman–Crippen MR) is 152 cm³/mol. The quantitative estimate of drug-likeness (QED) is 0.232. The van der Waals surface area contributed by atoms with Gasteiger partial charge in [0.1, 0.15) is 0 Å². The van der Waals surface area contributed by atoms with Gasteiger partial charge in [0.25, 0.3) is 5.91 Å². The summed E-state index contributed by atoms with van der Waals surface area (Å²) in [6.45, 7) is 3.04. The topological polar surface area (TPSA) is 62.3 Å². The van der Waals surface area contributed by atoms with Crippen molar-refractivity contribution in [3.05, 3.63) is 103 Å². The van der Waals surface area contributed by atoms with E-state index in [4.69, 9.17) is 0 Å². The number of hydrogen-bond donors (Lipinski definition) is 1. The standard InChI is InChI=1S/C31H43N3O2/c1-3-4-5-6-7-8-9-10-11-12-13-14-15-16-17-18-19-20-21-24-30(35)33-26-27-34(2)31(36)29-23-22-25-32-28-29/h4-5,7-8,10-11,13-14,16-17,19-20,22-23,25,28H,3,6,9,12,15,18,21,24,26-27H2,1-2H3,(H,33,35)/b5-4-,8-7-,11-10-,14-13-,17-16-,20-19-. The average Bonchev–Trinajstić information content (AvgIpc) is 2.90. The van der Waals surface area contributed by atoms with E-state index in [1.54, 1.807) is 36.5 Å². The maximum atomic E-state index is 12.2. The molecule has 194 valence electrons. The van der Waals surface area contributed by atoms with E-state index >= 15 is 0 Å².